The number of fused-ring (bicyclic) bond motifs is 1. The van der Waals surface area contributed by atoms with Crippen molar-refractivity contribution in [3.8, 4) is 28.1 Å². The average molecular weight is 377 g/mol. The molecule has 0 saturated heterocycles. The van der Waals surface area contributed by atoms with E-state index in [4.69, 9.17) is 0 Å². The molecule has 0 saturated carbocycles. The maximum Gasteiger partial charge on any atom is 0.219 e. The Hall–Kier alpha value is -3.19. The monoisotopic (exact) mass is 376 g/mol. The summed E-state index contributed by atoms with van der Waals surface area (Å²) < 4.78 is 2.51. The molecule has 1 aliphatic carbocycles. The molecule has 1 aliphatic rings. The lowest BCUT2D eigenvalue weighted by Crippen LogP contribution is -2.41. The van der Waals surface area contributed by atoms with Crippen molar-refractivity contribution < 1.29 is 4.57 Å². The zero-order valence-electron chi connectivity index (χ0n) is 16.9. The Morgan fingerprint density at radius 2 is 1.28 bits per heavy atom. The zero-order chi connectivity index (χ0) is 19.6. The van der Waals surface area contributed by atoms with Gasteiger partial charge in [0.15, 0.2) is 5.69 Å². The normalized spacial score (nSPS) is 13.1. The molecule has 0 radical (unpaired) electrons. The lowest BCUT2D eigenvalue weighted by molar-refractivity contribution is -0.593. The molecular formula is C28H26N+. The zero-order valence-corrected chi connectivity index (χ0v) is 16.9. The van der Waals surface area contributed by atoms with Crippen LogP contribution in [-0.2, 0) is 12.8 Å². The molecule has 0 bridgehead atoms. The Morgan fingerprint density at radius 3 is 1.97 bits per heavy atom. The van der Waals surface area contributed by atoms with E-state index in [2.05, 4.69) is 102 Å². The first-order valence-electron chi connectivity index (χ1n) is 10.6. The molecule has 0 N–H and O–H groups in total. The van der Waals surface area contributed by atoms with Crippen LogP contribution in [0.25, 0.3) is 28.1 Å². The number of rotatable bonds is 3. The van der Waals surface area contributed by atoms with Crippen molar-refractivity contribution in [2.45, 2.75) is 32.6 Å². The van der Waals surface area contributed by atoms with Crippen molar-refractivity contribution in [2.75, 3.05) is 0 Å². The molecule has 0 atom stereocenters. The highest BCUT2D eigenvalue weighted by Crippen LogP contribution is 2.34. The fourth-order valence-electron chi connectivity index (χ4n) is 4.55. The standard InChI is InChI=1S/C28H26N/c1-21-16-18-24(19-17-21)29-27-15-9-8-14-25(27)26(22-10-4-2-5-11-22)20-28(29)23-12-6-3-7-13-23/h2-7,10-13,16-20H,8-9,14-15H2,1H3/q+1. The Bertz CT molecular complexity index is 1130. The first kappa shape index (κ1) is 17.9. The Kier molecular flexibility index (Phi) is 4.73. The summed E-state index contributed by atoms with van der Waals surface area (Å²) in [6, 6.07) is 33.1. The van der Waals surface area contributed by atoms with Gasteiger partial charge in [0.25, 0.3) is 0 Å². The van der Waals surface area contributed by atoms with Crippen LogP contribution >= 0.6 is 0 Å². The van der Waals surface area contributed by atoms with E-state index in [1.165, 1.54) is 57.7 Å². The SMILES string of the molecule is Cc1ccc(-[n+]2c(-c3ccccc3)cc(-c3ccccc3)c3c2CCCC3)cc1. The molecule has 0 spiro atoms. The van der Waals surface area contributed by atoms with Crippen LogP contribution in [0.1, 0.15) is 29.7 Å². The fourth-order valence-corrected chi connectivity index (χ4v) is 4.55. The van der Waals surface area contributed by atoms with Gasteiger partial charge in [-0.2, -0.15) is 4.57 Å². The van der Waals surface area contributed by atoms with Gasteiger partial charge in [0.1, 0.15) is 0 Å². The Labute approximate surface area is 173 Å². The predicted molar refractivity (Wildman–Crippen MR) is 120 cm³/mol. The summed E-state index contributed by atoms with van der Waals surface area (Å²) in [7, 11) is 0. The van der Waals surface area contributed by atoms with Crippen molar-refractivity contribution in [3.05, 3.63) is 108 Å². The fraction of sp³-hybridized carbons (Fsp3) is 0.179. The maximum absolute atomic E-state index is 2.51. The summed E-state index contributed by atoms with van der Waals surface area (Å²) >= 11 is 0. The van der Waals surface area contributed by atoms with Crippen LogP contribution in [0, 0.1) is 6.92 Å². The first-order valence-corrected chi connectivity index (χ1v) is 10.6. The van der Waals surface area contributed by atoms with Gasteiger partial charge in [-0.1, -0.05) is 66.2 Å². The van der Waals surface area contributed by atoms with Gasteiger partial charge in [-0.15, -0.1) is 0 Å². The van der Waals surface area contributed by atoms with Crippen molar-refractivity contribution in [1.82, 2.24) is 0 Å². The maximum atomic E-state index is 2.51. The third-order valence-electron chi connectivity index (χ3n) is 6.00. The van der Waals surface area contributed by atoms with Gasteiger partial charge in [0, 0.05) is 35.7 Å². The van der Waals surface area contributed by atoms with E-state index < -0.39 is 0 Å². The van der Waals surface area contributed by atoms with Crippen LogP contribution in [0.4, 0.5) is 0 Å². The molecule has 142 valence electrons. The molecule has 1 aromatic heterocycles. The molecule has 0 unspecified atom stereocenters. The minimum Gasteiger partial charge on any atom is -0.157 e. The number of hydrogen-bond acceptors (Lipinski definition) is 0. The average Bonchev–Trinajstić information content (AvgIpc) is 2.80. The second kappa shape index (κ2) is 7.67. The molecule has 1 nitrogen and oxygen atoms in total. The van der Waals surface area contributed by atoms with Gasteiger partial charge in [0.2, 0.25) is 11.4 Å². The number of aromatic nitrogens is 1. The lowest BCUT2D eigenvalue weighted by Gasteiger charge is -2.20. The molecule has 3 aromatic carbocycles. The molecule has 29 heavy (non-hydrogen) atoms. The van der Waals surface area contributed by atoms with E-state index in [-0.39, 0.29) is 0 Å². The molecule has 1 heterocycles. The van der Waals surface area contributed by atoms with Crippen LogP contribution in [0.15, 0.2) is 91.0 Å². The third-order valence-corrected chi connectivity index (χ3v) is 6.00. The number of benzene rings is 3. The van der Waals surface area contributed by atoms with E-state index in [0.717, 1.165) is 12.8 Å². The van der Waals surface area contributed by atoms with Gasteiger partial charge in [-0.25, -0.2) is 0 Å². The Morgan fingerprint density at radius 1 is 0.655 bits per heavy atom. The Balaban J connectivity index is 1.85. The molecule has 4 aromatic rings. The summed E-state index contributed by atoms with van der Waals surface area (Å²) in [5, 5.41) is 0. The van der Waals surface area contributed by atoms with Gasteiger partial charge < -0.3 is 0 Å². The van der Waals surface area contributed by atoms with E-state index in [1.807, 2.05) is 0 Å². The molecule has 0 amide bonds. The highest BCUT2D eigenvalue weighted by molar-refractivity contribution is 5.73. The summed E-state index contributed by atoms with van der Waals surface area (Å²) in [4.78, 5) is 0. The van der Waals surface area contributed by atoms with Gasteiger partial charge in [-0.05, 0) is 49.4 Å². The van der Waals surface area contributed by atoms with Crippen LogP contribution in [-0.4, -0.2) is 0 Å². The number of hydrogen-bond donors (Lipinski definition) is 0. The minimum absolute atomic E-state index is 1.13. The topological polar surface area (TPSA) is 3.88 Å². The van der Waals surface area contributed by atoms with Crippen molar-refractivity contribution >= 4 is 0 Å². The van der Waals surface area contributed by atoms with Gasteiger partial charge in [0.05, 0.1) is 0 Å². The van der Waals surface area contributed by atoms with Gasteiger partial charge in [-0.3, -0.25) is 0 Å². The van der Waals surface area contributed by atoms with E-state index in [1.54, 1.807) is 0 Å². The lowest BCUT2D eigenvalue weighted by atomic mass is 9.87. The van der Waals surface area contributed by atoms with Crippen molar-refractivity contribution in [2.24, 2.45) is 0 Å². The minimum atomic E-state index is 1.13. The number of nitrogens with zero attached hydrogens (tertiary/aromatic N) is 1. The van der Waals surface area contributed by atoms with Gasteiger partial charge >= 0.3 is 0 Å². The van der Waals surface area contributed by atoms with Crippen LogP contribution in [0.3, 0.4) is 0 Å². The summed E-state index contributed by atoms with van der Waals surface area (Å²) in [5.74, 6) is 0. The first-order chi connectivity index (χ1) is 14.3. The largest absolute Gasteiger partial charge is 0.219 e. The molecule has 0 fully saturated rings. The molecular weight excluding hydrogens is 350 g/mol. The third kappa shape index (κ3) is 3.38. The van der Waals surface area contributed by atoms with Crippen LogP contribution in [0.5, 0.6) is 0 Å². The smallest absolute Gasteiger partial charge is 0.157 e. The number of aryl methyl sites for hydroxylation is 1. The summed E-state index contributed by atoms with van der Waals surface area (Å²) in [6.07, 6.45) is 4.81. The van der Waals surface area contributed by atoms with E-state index in [9.17, 15) is 0 Å². The quantitative estimate of drug-likeness (QED) is 0.360. The second-order valence-electron chi connectivity index (χ2n) is 7.98. The summed E-state index contributed by atoms with van der Waals surface area (Å²) in [6.45, 7) is 2.15. The van der Waals surface area contributed by atoms with Crippen LogP contribution < -0.4 is 4.57 Å². The number of pyridine rings is 1. The van der Waals surface area contributed by atoms with E-state index >= 15 is 0 Å². The summed E-state index contributed by atoms with van der Waals surface area (Å²) in [5.41, 5.74) is 10.8. The van der Waals surface area contributed by atoms with E-state index in [0.29, 0.717) is 0 Å². The molecule has 5 rings (SSSR count). The second-order valence-corrected chi connectivity index (χ2v) is 7.98. The highest BCUT2D eigenvalue weighted by Gasteiger charge is 2.29. The van der Waals surface area contributed by atoms with Crippen molar-refractivity contribution in [1.29, 1.82) is 0 Å². The molecule has 1 heteroatoms. The van der Waals surface area contributed by atoms with Crippen LogP contribution in [0.2, 0.25) is 0 Å². The molecule has 0 aliphatic heterocycles. The predicted octanol–water partition coefficient (Wildman–Crippen LogP) is 6.48. The highest BCUT2D eigenvalue weighted by atomic mass is 15.0. The van der Waals surface area contributed by atoms with Crippen molar-refractivity contribution in [3.63, 3.8) is 0 Å².